The molecular formula is C22H26N4O2. The average molecular weight is 378 g/mol. The van der Waals surface area contributed by atoms with Gasteiger partial charge in [0.2, 0.25) is 0 Å². The van der Waals surface area contributed by atoms with E-state index in [9.17, 15) is 9.90 Å². The molecule has 2 aromatic carbocycles. The number of rotatable bonds is 10. The van der Waals surface area contributed by atoms with Crippen LogP contribution in [0.3, 0.4) is 0 Å². The Balaban J connectivity index is 2.22. The molecule has 0 saturated carbocycles. The lowest BCUT2D eigenvalue weighted by molar-refractivity contribution is -0.138. The number of nitrogens with two attached hydrogens (primary N) is 1. The lowest BCUT2D eigenvalue weighted by Crippen LogP contribution is -2.21. The molecule has 0 heterocycles. The van der Waals surface area contributed by atoms with Gasteiger partial charge in [-0.1, -0.05) is 24.8 Å². The molecule has 0 spiro atoms. The molecule has 28 heavy (non-hydrogen) atoms. The van der Waals surface area contributed by atoms with Crippen molar-refractivity contribution in [3.63, 3.8) is 0 Å². The summed E-state index contributed by atoms with van der Waals surface area (Å²) in [7, 11) is 0. The molecule has 0 radical (unpaired) electrons. The van der Waals surface area contributed by atoms with E-state index in [4.69, 9.17) is 16.6 Å². The molecule has 0 fully saturated rings. The van der Waals surface area contributed by atoms with Crippen molar-refractivity contribution in [2.75, 3.05) is 5.32 Å². The van der Waals surface area contributed by atoms with Crippen molar-refractivity contribution in [1.82, 2.24) is 0 Å². The minimum atomic E-state index is -0.988. The van der Waals surface area contributed by atoms with Gasteiger partial charge in [0.1, 0.15) is 5.84 Å². The maximum absolute atomic E-state index is 11.8. The minimum Gasteiger partial charge on any atom is -0.479 e. The highest BCUT2D eigenvalue weighted by Gasteiger charge is 2.20. The first kappa shape index (κ1) is 20.9. The summed E-state index contributed by atoms with van der Waals surface area (Å²) in [6, 6.07) is 11.4. The molecule has 146 valence electrons. The van der Waals surface area contributed by atoms with Crippen LogP contribution in [0.1, 0.15) is 48.1 Å². The number of carboxylic acid groups (broad SMARTS) is 1. The van der Waals surface area contributed by atoms with Crippen LogP contribution in [0.25, 0.3) is 6.08 Å². The molecule has 0 bridgehead atoms. The highest BCUT2D eigenvalue weighted by Crippen LogP contribution is 2.24. The third kappa shape index (κ3) is 5.54. The van der Waals surface area contributed by atoms with Crippen LogP contribution in [0.15, 0.2) is 49.0 Å². The number of aliphatic carboxylic acids is 1. The van der Waals surface area contributed by atoms with E-state index >= 15 is 0 Å². The van der Waals surface area contributed by atoms with Crippen molar-refractivity contribution in [3.05, 3.63) is 71.3 Å². The number of anilines is 1. The van der Waals surface area contributed by atoms with E-state index in [1.807, 2.05) is 18.2 Å². The van der Waals surface area contributed by atoms with Crippen LogP contribution in [0, 0.1) is 10.8 Å². The molecule has 1 unspecified atom stereocenters. The van der Waals surface area contributed by atoms with Gasteiger partial charge in [0, 0.05) is 17.0 Å². The lowest BCUT2D eigenvalue weighted by atomic mass is 9.96. The smallest absolute Gasteiger partial charge is 0.330 e. The maximum atomic E-state index is 11.8. The van der Waals surface area contributed by atoms with Crippen LogP contribution >= 0.6 is 0 Å². The number of carbonyl (C=O) groups is 1. The maximum Gasteiger partial charge on any atom is 0.330 e. The number of carboxylic acids is 1. The number of hydrogen-bond donors (Lipinski definition) is 5. The van der Waals surface area contributed by atoms with Gasteiger partial charge in [-0.15, -0.1) is 0 Å². The van der Waals surface area contributed by atoms with Gasteiger partial charge in [-0.2, -0.15) is 0 Å². The third-order valence-electron chi connectivity index (χ3n) is 4.47. The number of benzene rings is 2. The van der Waals surface area contributed by atoms with Gasteiger partial charge in [0.15, 0.2) is 6.04 Å². The van der Waals surface area contributed by atoms with Crippen molar-refractivity contribution in [3.8, 4) is 0 Å². The number of hydrogen-bond acceptors (Lipinski definition) is 4. The normalized spacial score (nSPS) is 11.5. The first-order chi connectivity index (χ1) is 13.3. The second-order valence-electron chi connectivity index (χ2n) is 6.70. The second-order valence-corrected chi connectivity index (χ2v) is 6.70. The van der Waals surface area contributed by atoms with Gasteiger partial charge in [-0.25, -0.2) is 4.79 Å². The Kier molecular flexibility index (Phi) is 7.09. The Hall–Kier alpha value is -3.41. The first-order valence-electron chi connectivity index (χ1n) is 9.05. The molecule has 1 atom stereocenters. The monoisotopic (exact) mass is 378 g/mol. The predicted molar refractivity (Wildman–Crippen MR) is 114 cm³/mol. The molecule has 2 aromatic rings. The Bertz CT molecular complexity index is 888. The van der Waals surface area contributed by atoms with Gasteiger partial charge in [-0.3, -0.25) is 5.41 Å². The van der Waals surface area contributed by atoms with E-state index in [-0.39, 0.29) is 5.84 Å². The summed E-state index contributed by atoms with van der Waals surface area (Å²) < 4.78 is 0. The largest absolute Gasteiger partial charge is 0.479 e. The fraction of sp³-hybridized carbons (Fsp3) is 0.227. The van der Waals surface area contributed by atoms with Crippen LogP contribution in [0.5, 0.6) is 0 Å². The highest BCUT2D eigenvalue weighted by molar-refractivity contribution is 5.95. The number of nitrogen functional groups attached to an aromatic ring is 1. The quantitative estimate of drug-likeness (QED) is 0.314. The van der Waals surface area contributed by atoms with Gasteiger partial charge in [0.25, 0.3) is 0 Å². The second kappa shape index (κ2) is 9.50. The average Bonchev–Trinajstić information content (AvgIpc) is 2.66. The third-order valence-corrected chi connectivity index (χ3v) is 4.47. The molecule has 6 heteroatoms. The van der Waals surface area contributed by atoms with Gasteiger partial charge < -0.3 is 21.6 Å². The highest BCUT2D eigenvalue weighted by atomic mass is 16.4. The molecule has 0 saturated heterocycles. The van der Waals surface area contributed by atoms with Crippen molar-refractivity contribution >= 4 is 29.3 Å². The Morgan fingerprint density at radius 3 is 2.46 bits per heavy atom. The molecule has 0 amide bonds. The number of amidine groups is 1. The van der Waals surface area contributed by atoms with Crippen LogP contribution in [0.4, 0.5) is 5.69 Å². The molecule has 6 nitrogen and oxygen atoms in total. The molecule has 0 aliphatic heterocycles. The van der Waals surface area contributed by atoms with Crippen molar-refractivity contribution < 1.29 is 9.90 Å². The van der Waals surface area contributed by atoms with Gasteiger partial charge in [-0.05, 0) is 73.2 Å². The van der Waals surface area contributed by atoms with Crippen LogP contribution in [-0.4, -0.2) is 22.6 Å². The SMILES string of the molecule is C=Cc1cc(C(Nc2ccc(C(=N)N)cc2)C(=O)O)ccc1CCCC(C)=N. The summed E-state index contributed by atoms with van der Waals surface area (Å²) in [4.78, 5) is 11.8. The summed E-state index contributed by atoms with van der Waals surface area (Å²) in [6.07, 6.45) is 4.17. The zero-order valence-corrected chi connectivity index (χ0v) is 16.0. The zero-order valence-electron chi connectivity index (χ0n) is 16.0. The first-order valence-corrected chi connectivity index (χ1v) is 9.05. The summed E-state index contributed by atoms with van der Waals surface area (Å²) in [6.45, 7) is 5.64. The zero-order chi connectivity index (χ0) is 20.7. The topological polar surface area (TPSA) is 123 Å². The summed E-state index contributed by atoms with van der Waals surface area (Å²) >= 11 is 0. The van der Waals surface area contributed by atoms with Crippen molar-refractivity contribution in [1.29, 1.82) is 10.8 Å². The number of nitrogens with one attached hydrogen (secondary N) is 3. The number of aryl methyl sites for hydroxylation is 1. The van der Waals surface area contributed by atoms with E-state index in [1.165, 1.54) is 0 Å². The van der Waals surface area contributed by atoms with Crippen molar-refractivity contribution in [2.24, 2.45) is 5.73 Å². The molecule has 0 aromatic heterocycles. The van der Waals surface area contributed by atoms with E-state index in [2.05, 4.69) is 11.9 Å². The summed E-state index contributed by atoms with van der Waals surface area (Å²) in [5, 5.41) is 27.7. The summed E-state index contributed by atoms with van der Waals surface area (Å²) in [5.74, 6) is -1.02. The van der Waals surface area contributed by atoms with Crippen LogP contribution < -0.4 is 11.1 Å². The van der Waals surface area contributed by atoms with E-state index < -0.39 is 12.0 Å². The van der Waals surface area contributed by atoms with Gasteiger partial charge >= 0.3 is 5.97 Å². The molecule has 6 N–H and O–H groups in total. The lowest BCUT2D eigenvalue weighted by Gasteiger charge is -2.18. The van der Waals surface area contributed by atoms with Crippen molar-refractivity contribution in [2.45, 2.75) is 32.2 Å². The fourth-order valence-electron chi connectivity index (χ4n) is 2.95. The standard InChI is InChI=1S/C22H26N4O2/c1-3-15-13-18(8-7-16(15)6-4-5-14(2)23)20(22(27)28)26-19-11-9-17(10-12-19)21(24)25/h3,7-13,20,23,26H,1,4-6H2,2H3,(H3,24,25)(H,27,28). The minimum absolute atomic E-state index is 0.0363. The van der Waals surface area contributed by atoms with Crippen LogP contribution in [-0.2, 0) is 11.2 Å². The molecular weight excluding hydrogens is 352 g/mol. The van der Waals surface area contributed by atoms with E-state index in [1.54, 1.807) is 37.3 Å². The van der Waals surface area contributed by atoms with E-state index in [0.29, 0.717) is 22.5 Å². The molecule has 0 aliphatic rings. The predicted octanol–water partition coefficient (Wildman–Crippen LogP) is 4.21. The Morgan fingerprint density at radius 1 is 1.25 bits per heavy atom. The Morgan fingerprint density at radius 2 is 1.93 bits per heavy atom. The fourth-order valence-corrected chi connectivity index (χ4v) is 2.95. The van der Waals surface area contributed by atoms with Crippen LogP contribution in [0.2, 0.25) is 0 Å². The van der Waals surface area contributed by atoms with Gasteiger partial charge in [0.05, 0.1) is 0 Å². The summed E-state index contributed by atoms with van der Waals surface area (Å²) in [5.41, 5.74) is 9.94. The molecule has 2 rings (SSSR count). The van der Waals surface area contributed by atoms with E-state index in [0.717, 1.165) is 30.4 Å². The molecule has 0 aliphatic carbocycles. The Labute approximate surface area is 165 Å².